The Morgan fingerprint density at radius 1 is 1.41 bits per heavy atom. The molecule has 0 saturated carbocycles. The van der Waals surface area contributed by atoms with Gasteiger partial charge in [-0.1, -0.05) is 29.5 Å². The van der Waals surface area contributed by atoms with Crippen molar-refractivity contribution in [2.45, 2.75) is 20.0 Å². The van der Waals surface area contributed by atoms with Gasteiger partial charge in [0.25, 0.3) is 0 Å². The van der Waals surface area contributed by atoms with Gasteiger partial charge in [-0.25, -0.2) is 4.98 Å². The quantitative estimate of drug-likeness (QED) is 0.506. The number of aromatic nitrogens is 1. The normalized spacial score (nSPS) is 10.5. The minimum absolute atomic E-state index is 0.167. The first-order valence-electron chi connectivity index (χ1n) is 4.78. The Morgan fingerprint density at radius 2 is 1.94 bits per heavy atom. The molecule has 1 rings (SSSR count). The molecule has 0 aromatic carbocycles. The van der Waals surface area contributed by atoms with E-state index in [2.05, 4.69) is 50.4 Å². The zero-order valence-electron chi connectivity index (χ0n) is 9.31. The molecule has 0 aliphatic carbocycles. The molecule has 2 nitrogen and oxygen atoms in total. The first kappa shape index (κ1) is 16.9. The summed E-state index contributed by atoms with van der Waals surface area (Å²) < 4.78 is 43.0. The summed E-state index contributed by atoms with van der Waals surface area (Å²) >= 11 is 5.24. The Bertz CT molecular complexity index is 347. The van der Waals surface area contributed by atoms with Gasteiger partial charge in [-0.15, -0.1) is 0 Å². The van der Waals surface area contributed by atoms with E-state index in [-0.39, 0.29) is 10.4 Å². The van der Waals surface area contributed by atoms with Crippen LogP contribution in [0, 0.1) is 0 Å². The van der Waals surface area contributed by atoms with Gasteiger partial charge in [0, 0.05) is 6.20 Å². The van der Waals surface area contributed by atoms with Crippen molar-refractivity contribution in [1.82, 2.24) is 4.98 Å². The van der Waals surface area contributed by atoms with Crippen molar-refractivity contribution in [3.05, 3.63) is 22.3 Å². The van der Waals surface area contributed by atoms with E-state index in [0.717, 1.165) is 12.3 Å². The summed E-state index contributed by atoms with van der Waals surface area (Å²) in [5, 5.41) is 0. The summed E-state index contributed by atoms with van der Waals surface area (Å²) in [6, 6.07) is 0.942. The number of halogens is 5. The number of rotatable bonds is 2. The Kier molecular flexibility index (Phi) is 8.10. The fourth-order valence-corrected chi connectivity index (χ4v) is 1.29. The fourth-order valence-electron chi connectivity index (χ4n) is 0.823. The Hall–Kier alpha value is -0.0500. The molecule has 0 fully saturated rings. The van der Waals surface area contributed by atoms with Gasteiger partial charge in [-0.05, 0) is 33.3 Å². The van der Waals surface area contributed by atoms with Crippen molar-refractivity contribution in [1.29, 1.82) is 0 Å². The second kappa shape index (κ2) is 8.12. The third kappa shape index (κ3) is 6.44. The van der Waals surface area contributed by atoms with Gasteiger partial charge in [-0.2, -0.15) is 13.2 Å². The number of hydrogen-bond donors (Lipinski definition) is 0. The minimum atomic E-state index is -4.37. The molecule has 0 unspecified atom stereocenters. The molecule has 0 radical (unpaired) electrons. The molecule has 0 atom stereocenters. The van der Waals surface area contributed by atoms with E-state index < -0.39 is 11.7 Å². The smallest absolute Gasteiger partial charge is 0.417 e. The van der Waals surface area contributed by atoms with E-state index in [1.54, 1.807) is 6.92 Å². The maximum atomic E-state index is 12.2. The molecule has 7 heteroatoms. The number of pyridine rings is 1. The molecule has 98 valence electrons. The van der Waals surface area contributed by atoms with Crippen molar-refractivity contribution < 1.29 is 17.9 Å². The van der Waals surface area contributed by atoms with Gasteiger partial charge < -0.3 is 4.74 Å². The standard InChI is InChI=1S/C8H7BrF3NO.C2H5I/c1-2-14-7-6(9)3-5(4-13-7)8(10,11)12;1-2-3/h3-4H,2H2,1H3;2H2,1H3. The van der Waals surface area contributed by atoms with Crippen LogP contribution in [0.1, 0.15) is 19.4 Å². The van der Waals surface area contributed by atoms with Crippen LogP contribution in [0.15, 0.2) is 16.7 Å². The zero-order chi connectivity index (χ0) is 13.5. The second-order valence-corrected chi connectivity index (χ2v) is 5.09. The van der Waals surface area contributed by atoms with Gasteiger partial charge in [0.05, 0.1) is 16.6 Å². The topological polar surface area (TPSA) is 22.1 Å². The van der Waals surface area contributed by atoms with Crippen LogP contribution in [0.25, 0.3) is 0 Å². The lowest BCUT2D eigenvalue weighted by molar-refractivity contribution is -0.137. The first-order chi connectivity index (χ1) is 7.86. The molecule has 17 heavy (non-hydrogen) atoms. The molecule has 0 aliphatic rings. The molecular formula is C10H12BrF3INO. The van der Waals surface area contributed by atoms with Gasteiger partial charge in [-0.3, -0.25) is 0 Å². The van der Waals surface area contributed by atoms with Crippen LogP contribution in [0.4, 0.5) is 13.2 Å². The average molecular weight is 426 g/mol. The molecule has 0 bridgehead atoms. The van der Waals surface area contributed by atoms with Crippen LogP contribution in [0.5, 0.6) is 5.88 Å². The van der Waals surface area contributed by atoms with E-state index in [0.29, 0.717) is 6.61 Å². The van der Waals surface area contributed by atoms with Gasteiger partial charge >= 0.3 is 6.18 Å². The van der Waals surface area contributed by atoms with Crippen molar-refractivity contribution in [2.24, 2.45) is 0 Å². The van der Waals surface area contributed by atoms with E-state index in [4.69, 9.17) is 4.74 Å². The molecule has 1 aromatic rings. The lowest BCUT2D eigenvalue weighted by Gasteiger charge is -2.08. The molecule has 1 aromatic heterocycles. The summed E-state index contributed by atoms with van der Waals surface area (Å²) in [7, 11) is 0. The molecular weight excluding hydrogens is 414 g/mol. The van der Waals surface area contributed by atoms with E-state index >= 15 is 0 Å². The molecule has 0 spiro atoms. The highest BCUT2D eigenvalue weighted by Gasteiger charge is 2.31. The van der Waals surface area contributed by atoms with Crippen LogP contribution < -0.4 is 4.74 Å². The monoisotopic (exact) mass is 425 g/mol. The maximum absolute atomic E-state index is 12.2. The average Bonchev–Trinajstić information content (AvgIpc) is 2.21. The van der Waals surface area contributed by atoms with Crippen LogP contribution >= 0.6 is 38.5 Å². The summed E-state index contributed by atoms with van der Waals surface area (Å²) in [5.41, 5.74) is -0.798. The van der Waals surface area contributed by atoms with Gasteiger partial charge in [0.2, 0.25) is 5.88 Å². The number of ether oxygens (including phenoxy) is 1. The Labute approximate surface area is 120 Å². The van der Waals surface area contributed by atoms with Crippen molar-refractivity contribution in [3.63, 3.8) is 0 Å². The van der Waals surface area contributed by atoms with Gasteiger partial charge in [0.15, 0.2) is 0 Å². The third-order valence-electron chi connectivity index (χ3n) is 1.42. The van der Waals surface area contributed by atoms with Gasteiger partial charge in [0.1, 0.15) is 0 Å². The highest BCUT2D eigenvalue weighted by atomic mass is 127. The number of hydrogen-bond acceptors (Lipinski definition) is 2. The van der Waals surface area contributed by atoms with Crippen molar-refractivity contribution in [2.75, 3.05) is 11.0 Å². The molecule has 0 saturated heterocycles. The third-order valence-corrected chi connectivity index (χ3v) is 1.98. The first-order valence-corrected chi connectivity index (χ1v) is 7.10. The predicted octanol–water partition coefficient (Wildman–Crippen LogP) is 4.70. The second-order valence-electron chi connectivity index (χ2n) is 2.71. The van der Waals surface area contributed by atoms with E-state index in [1.807, 2.05) is 0 Å². The van der Waals surface area contributed by atoms with Crippen LogP contribution in [-0.4, -0.2) is 16.0 Å². The Balaban J connectivity index is 0.000000770. The van der Waals surface area contributed by atoms with Crippen LogP contribution in [0.2, 0.25) is 0 Å². The van der Waals surface area contributed by atoms with Crippen LogP contribution in [-0.2, 0) is 6.18 Å². The molecule has 0 N–H and O–H groups in total. The summed E-state index contributed by atoms with van der Waals surface area (Å²) in [4.78, 5) is 3.55. The minimum Gasteiger partial charge on any atom is -0.477 e. The lowest BCUT2D eigenvalue weighted by atomic mass is 10.3. The predicted molar refractivity (Wildman–Crippen MR) is 72.7 cm³/mol. The molecule has 0 aliphatic heterocycles. The molecule has 1 heterocycles. The SMILES string of the molecule is CCI.CCOc1ncc(C(F)(F)F)cc1Br. The van der Waals surface area contributed by atoms with E-state index in [9.17, 15) is 13.2 Å². The molecule has 0 amide bonds. The number of alkyl halides is 4. The van der Waals surface area contributed by atoms with Crippen molar-refractivity contribution in [3.8, 4) is 5.88 Å². The summed E-state index contributed by atoms with van der Waals surface area (Å²) in [6.07, 6.45) is -3.63. The summed E-state index contributed by atoms with van der Waals surface area (Å²) in [6.45, 7) is 4.20. The van der Waals surface area contributed by atoms with Crippen LogP contribution in [0.3, 0.4) is 0 Å². The van der Waals surface area contributed by atoms with E-state index in [1.165, 1.54) is 4.43 Å². The fraction of sp³-hybridized carbons (Fsp3) is 0.500. The maximum Gasteiger partial charge on any atom is 0.417 e. The zero-order valence-corrected chi connectivity index (χ0v) is 13.1. The Morgan fingerprint density at radius 3 is 2.29 bits per heavy atom. The highest BCUT2D eigenvalue weighted by molar-refractivity contribution is 14.1. The summed E-state index contributed by atoms with van der Waals surface area (Å²) in [5.74, 6) is 0.167. The highest BCUT2D eigenvalue weighted by Crippen LogP contribution is 2.33. The lowest BCUT2D eigenvalue weighted by Crippen LogP contribution is -2.06. The largest absolute Gasteiger partial charge is 0.477 e. The number of nitrogens with zero attached hydrogens (tertiary/aromatic N) is 1. The van der Waals surface area contributed by atoms with Crippen molar-refractivity contribution >= 4 is 38.5 Å².